The second-order valence-corrected chi connectivity index (χ2v) is 8.02. The highest BCUT2D eigenvalue weighted by Gasteiger charge is 2.33. The van der Waals surface area contributed by atoms with Gasteiger partial charge >= 0.3 is 0 Å². The highest BCUT2D eigenvalue weighted by molar-refractivity contribution is 6.40. The summed E-state index contributed by atoms with van der Waals surface area (Å²) in [5.74, 6) is -0.174. The molecule has 0 aliphatic carbocycles. The number of aromatic nitrogens is 2. The van der Waals surface area contributed by atoms with Crippen molar-refractivity contribution in [3.63, 3.8) is 0 Å². The zero-order valence-electron chi connectivity index (χ0n) is 15.8. The number of H-pyrrole nitrogens is 1. The van der Waals surface area contributed by atoms with Crippen molar-refractivity contribution in [2.24, 2.45) is 0 Å². The number of carbonyl (C=O) groups excluding carboxylic acids is 1. The Morgan fingerprint density at radius 3 is 2.59 bits per heavy atom. The number of aromatic amines is 1. The van der Waals surface area contributed by atoms with Gasteiger partial charge in [-0.15, -0.1) is 0 Å². The molecule has 2 aliphatic heterocycles. The predicted molar refractivity (Wildman–Crippen MR) is 116 cm³/mol. The Balaban J connectivity index is 1.62. The molecule has 2 aliphatic rings. The summed E-state index contributed by atoms with van der Waals surface area (Å²) in [5.41, 5.74) is 7.97. The molecule has 0 spiro atoms. The van der Waals surface area contributed by atoms with E-state index in [1.165, 1.54) is 0 Å². The number of hydrogen-bond donors (Lipinski definition) is 2. The number of rotatable bonds is 2. The quantitative estimate of drug-likeness (QED) is 0.650. The van der Waals surface area contributed by atoms with Crippen molar-refractivity contribution in [1.82, 2.24) is 20.4 Å². The van der Waals surface area contributed by atoms with Crippen LogP contribution in [0, 0.1) is 0 Å². The minimum absolute atomic E-state index is 0.174. The maximum atomic E-state index is 13.3. The lowest BCUT2D eigenvalue weighted by Crippen LogP contribution is -2.45. The van der Waals surface area contributed by atoms with Gasteiger partial charge in [0, 0.05) is 49.7 Å². The number of benzene rings is 1. The van der Waals surface area contributed by atoms with E-state index in [1.54, 1.807) is 29.3 Å². The second kappa shape index (κ2) is 6.66. The fraction of sp³-hybridized carbons (Fsp3) is 0.200. The molecule has 2 N–H and O–H groups in total. The van der Waals surface area contributed by atoms with Crippen molar-refractivity contribution in [3.05, 3.63) is 58.0 Å². The van der Waals surface area contributed by atoms with Crippen LogP contribution in [0.5, 0.6) is 0 Å². The number of nitrogens with zero attached hydrogens (tertiary/aromatic N) is 4. The van der Waals surface area contributed by atoms with Gasteiger partial charge in [0.25, 0.3) is 5.91 Å². The molecule has 0 saturated carbocycles. The zero-order chi connectivity index (χ0) is 20.3. The van der Waals surface area contributed by atoms with Crippen LogP contribution in [0.1, 0.15) is 16.1 Å². The Kier molecular flexibility index (Phi) is 4.20. The molecule has 0 fully saturated rings. The van der Waals surface area contributed by atoms with Crippen LogP contribution in [0.3, 0.4) is 0 Å². The molecule has 5 rings (SSSR count). The molecule has 0 radical (unpaired) electrons. The minimum atomic E-state index is -0.174. The van der Waals surface area contributed by atoms with Crippen LogP contribution in [0.25, 0.3) is 16.6 Å². The van der Waals surface area contributed by atoms with Gasteiger partial charge in [-0.05, 0) is 18.2 Å². The number of anilines is 2. The molecule has 3 aromatic rings. The van der Waals surface area contributed by atoms with Gasteiger partial charge in [0.05, 0.1) is 33.7 Å². The zero-order valence-corrected chi connectivity index (χ0v) is 17.3. The average molecular weight is 429 g/mol. The second-order valence-electron chi connectivity index (χ2n) is 7.21. The molecule has 0 bridgehead atoms. The molecule has 1 aromatic carbocycles. The third-order valence-electron chi connectivity index (χ3n) is 5.26. The molecule has 0 saturated heterocycles. The summed E-state index contributed by atoms with van der Waals surface area (Å²) < 4.78 is 0. The van der Waals surface area contributed by atoms with Crippen LogP contribution >= 0.6 is 23.2 Å². The molecule has 4 heterocycles. The van der Waals surface area contributed by atoms with E-state index in [4.69, 9.17) is 23.2 Å². The first-order chi connectivity index (χ1) is 13.9. The first-order valence-electron chi connectivity index (χ1n) is 9.10. The summed E-state index contributed by atoms with van der Waals surface area (Å²) in [6, 6.07) is 7.27. The molecular formula is C20H18Cl2N6O. The smallest absolute Gasteiger partial charge is 0.263 e. The first-order valence-corrected chi connectivity index (χ1v) is 9.86. The van der Waals surface area contributed by atoms with Crippen molar-refractivity contribution in [2.45, 2.75) is 0 Å². The third kappa shape index (κ3) is 2.85. The SMILES string of the molecule is CN1C=C(c2cc3c4c(cnc3[nH]2)C(=O)N(c2c(Cl)cccc2Cl)CN4C)CN1. The Bertz CT molecular complexity index is 1170. The Labute approximate surface area is 177 Å². The lowest BCUT2D eigenvalue weighted by atomic mass is 10.1. The van der Waals surface area contributed by atoms with E-state index in [0.29, 0.717) is 28.0 Å². The maximum Gasteiger partial charge on any atom is 0.263 e. The highest BCUT2D eigenvalue weighted by Crippen LogP contribution is 2.40. The summed E-state index contributed by atoms with van der Waals surface area (Å²) in [6.45, 7) is 1.07. The highest BCUT2D eigenvalue weighted by atomic mass is 35.5. The molecule has 148 valence electrons. The average Bonchev–Trinajstić information content (AvgIpc) is 3.30. The molecule has 0 unspecified atom stereocenters. The fourth-order valence-electron chi connectivity index (χ4n) is 3.91. The van der Waals surface area contributed by atoms with Crippen LogP contribution < -0.4 is 15.2 Å². The van der Waals surface area contributed by atoms with Crippen LogP contribution in [0.2, 0.25) is 10.0 Å². The normalized spacial score (nSPS) is 16.6. The Morgan fingerprint density at radius 1 is 1.14 bits per heavy atom. The van der Waals surface area contributed by atoms with E-state index in [9.17, 15) is 4.79 Å². The Morgan fingerprint density at radius 2 is 1.90 bits per heavy atom. The lowest BCUT2D eigenvalue weighted by Gasteiger charge is -2.36. The van der Waals surface area contributed by atoms with Crippen LogP contribution in [0.15, 0.2) is 36.7 Å². The van der Waals surface area contributed by atoms with E-state index in [2.05, 4.69) is 21.5 Å². The van der Waals surface area contributed by atoms with Gasteiger partial charge in [0.15, 0.2) is 0 Å². The number of halogens is 2. The van der Waals surface area contributed by atoms with Gasteiger partial charge in [-0.1, -0.05) is 29.3 Å². The van der Waals surface area contributed by atoms with Crippen LogP contribution in [0.4, 0.5) is 11.4 Å². The number of amides is 1. The molecule has 9 heteroatoms. The van der Waals surface area contributed by atoms with Gasteiger partial charge in [-0.25, -0.2) is 10.4 Å². The molecule has 7 nitrogen and oxygen atoms in total. The number of pyridine rings is 1. The van der Waals surface area contributed by atoms with E-state index < -0.39 is 0 Å². The fourth-order valence-corrected chi connectivity index (χ4v) is 4.51. The number of nitrogens with one attached hydrogen (secondary N) is 2. The molecule has 1 amide bonds. The predicted octanol–water partition coefficient (Wildman–Crippen LogP) is 3.71. The molecule has 2 aromatic heterocycles. The number of para-hydroxylation sites is 1. The monoisotopic (exact) mass is 428 g/mol. The molecular weight excluding hydrogens is 411 g/mol. The van der Waals surface area contributed by atoms with Crippen LogP contribution in [-0.4, -0.2) is 48.2 Å². The summed E-state index contributed by atoms with van der Waals surface area (Å²) >= 11 is 12.7. The van der Waals surface area contributed by atoms with Crippen molar-refractivity contribution in [1.29, 1.82) is 0 Å². The summed E-state index contributed by atoms with van der Waals surface area (Å²) in [4.78, 5) is 24.8. The Hall–Kier alpha value is -2.74. The van der Waals surface area contributed by atoms with E-state index in [-0.39, 0.29) is 5.91 Å². The summed E-state index contributed by atoms with van der Waals surface area (Å²) in [5, 5.41) is 3.70. The summed E-state index contributed by atoms with van der Waals surface area (Å²) in [7, 11) is 3.90. The minimum Gasteiger partial charge on any atom is -0.355 e. The number of hydrazine groups is 1. The van der Waals surface area contributed by atoms with Gasteiger partial charge in [-0.2, -0.15) is 0 Å². The lowest BCUT2D eigenvalue weighted by molar-refractivity contribution is 0.0982. The van der Waals surface area contributed by atoms with E-state index in [0.717, 1.165) is 34.5 Å². The number of fused-ring (bicyclic) bond motifs is 3. The summed E-state index contributed by atoms with van der Waals surface area (Å²) in [6.07, 6.45) is 3.65. The largest absolute Gasteiger partial charge is 0.355 e. The first kappa shape index (κ1) is 18.3. The van der Waals surface area contributed by atoms with Gasteiger partial charge in [0.1, 0.15) is 5.65 Å². The third-order valence-corrected chi connectivity index (χ3v) is 5.87. The molecule has 0 atom stereocenters. The van der Waals surface area contributed by atoms with Crippen molar-refractivity contribution >= 4 is 57.1 Å². The number of hydrogen-bond acceptors (Lipinski definition) is 5. The van der Waals surface area contributed by atoms with E-state index in [1.807, 2.05) is 30.2 Å². The van der Waals surface area contributed by atoms with Crippen molar-refractivity contribution in [3.8, 4) is 0 Å². The van der Waals surface area contributed by atoms with Gasteiger partial charge in [0.2, 0.25) is 0 Å². The van der Waals surface area contributed by atoms with E-state index >= 15 is 0 Å². The standard InChI is InChI=1S/C20H18Cl2N6O/c1-26-10-28(18-14(21)4-3-5-15(18)22)20(29)13-8-23-19-12(17(13)26)6-16(25-19)11-7-24-27(2)9-11/h3-6,8-9,24H,7,10H2,1-2H3,(H,23,25). The maximum absolute atomic E-state index is 13.3. The van der Waals surface area contributed by atoms with Crippen molar-refractivity contribution < 1.29 is 4.79 Å². The van der Waals surface area contributed by atoms with Crippen LogP contribution in [-0.2, 0) is 0 Å². The number of carbonyl (C=O) groups is 1. The molecule has 29 heavy (non-hydrogen) atoms. The van der Waals surface area contributed by atoms with Crippen molar-refractivity contribution in [2.75, 3.05) is 37.1 Å². The van der Waals surface area contributed by atoms with Gasteiger partial charge in [-0.3, -0.25) is 9.69 Å². The van der Waals surface area contributed by atoms with Gasteiger partial charge < -0.3 is 14.9 Å². The topological polar surface area (TPSA) is 67.5 Å².